The second-order valence-electron chi connectivity index (χ2n) is 25.9. The van der Waals surface area contributed by atoms with Crippen LogP contribution in [0.25, 0.3) is 0 Å². The number of phosphoric ester groups is 2. The molecule has 3 N–H and O–H groups in total. The predicted molar refractivity (Wildman–Crippen MR) is 418 cm³/mol. The zero-order valence-electron chi connectivity index (χ0n) is 63.7. The predicted octanol–water partition coefficient (Wildman–Crippen LogP) is 22.9. The van der Waals surface area contributed by atoms with Gasteiger partial charge in [0, 0.05) is 25.7 Å². The third-order valence-corrected chi connectivity index (χ3v) is 18.0. The van der Waals surface area contributed by atoms with Gasteiger partial charge in [0.1, 0.15) is 19.3 Å². The van der Waals surface area contributed by atoms with Gasteiger partial charge in [-0.25, -0.2) is 9.13 Å². The first kappa shape index (κ1) is 97.2. The highest BCUT2D eigenvalue weighted by Crippen LogP contribution is 2.45. The van der Waals surface area contributed by atoms with Crippen molar-refractivity contribution in [3.8, 4) is 0 Å². The molecule has 19 heteroatoms. The summed E-state index contributed by atoms with van der Waals surface area (Å²) < 4.78 is 68.4. The first-order valence-electron chi connectivity index (χ1n) is 39.4. The van der Waals surface area contributed by atoms with Crippen LogP contribution >= 0.6 is 15.6 Å². The SMILES string of the molecule is CC/C=C\C/C=C\C/C=C\C/C=C\C/C=C\C/C=C\CCC(=O)OCC(COP(=O)(O)OCC(O)COP(=O)(O)OCC(COC(=O)CCCCCCCC/C=C\C/C=C\C/C=C\CCCCC)OC(=O)CCCCCCC/C=C\CCCCCC)OC(=O)CCCCCCC/C=C\CCCC. The number of esters is 4. The summed E-state index contributed by atoms with van der Waals surface area (Å²) in [5, 5.41) is 10.6. The van der Waals surface area contributed by atoms with Crippen LogP contribution in [0.15, 0.2) is 134 Å². The number of carbonyl (C=O) groups excluding carboxylic acids is 4. The Kier molecular flexibility index (Phi) is 71.0. The van der Waals surface area contributed by atoms with E-state index in [2.05, 4.69) is 143 Å². The van der Waals surface area contributed by atoms with Crippen molar-refractivity contribution in [2.24, 2.45) is 0 Å². The lowest BCUT2D eigenvalue weighted by Crippen LogP contribution is -2.30. The third-order valence-electron chi connectivity index (χ3n) is 16.1. The summed E-state index contributed by atoms with van der Waals surface area (Å²) in [6.07, 6.45) is 83.1. The normalized spacial score (nSPS) is 14.6. The quantitative estimate of drug-likeness (QED) is 0.0169. The van der Waals surface area contributed by atoms with Gasteiger partial charge in [0.25, 0.3) is 0 Å². The molecule has 0 aliphatic carbocycles. The van der Waals surface area contributed by atoms with Crippen LogP contribution in [0.4, 0.5) is 0 Å². The molecular weight excluding hydrogens is 1330 g/mol. The van der Waals surface area contributed by atoms with Gasteiger partial charge in [0.15, 0.2) is 12.2 Å². The molecule has 102 heavy (non-hydrogen) atoms. The Labute approximate surface area is 618 Å². The molecule has 0 radical (unpaired) electrons. The number of aliphatic hydroxyl groups is 1. The standard InChI is InChI=1S/C83H140O17P2/c1-5-9-13-17-21-25-29-32-34-36-38-40-42-45-48-51-55-59-63-67-80(85)93-73-78(99-82(87)69-65-61-57-53-47-28-24-20-16-12-8-4)75-97-101(89,90)95-71-77(84)72-96-102(91,92)98-76-79(100-83(88)70-66-62-58-54-50-44-31-27-23-19-15-11-7-3)74-94-81(86)68-64-60-56-52-49-46-43-41-39-37-35-33-30-26-22-18-14-10-6-2/h9,13,20-22,24-27,31-35,38-41,45,48,55,59,77-79,84H,5-8,10-12,14-19,23,28-30,36-37,42-44,46-47,49-54,56-58,60-76H2,1-4H3,(H,89,90)(H,91,92)/b13-9-,24-20-,25-21-,26-22-,31-27-,34-32-,35-33-,40-38-,41-39-,48-45-,59-55-. The molecule has 0 aromatic heterocycles. The number of phosphoric acid groups is 2. The molecule has 584 valence electrons. The molecule has 0 saturated heterocycles. The van der Waals surface area contributed by atoms with Crippen LogP contribution in [0.1, 0.15) is 310 Å². The van der Waals surface area contributed by atoms with E-state index >= 15 is 0 Å². The van der Waals surface area contributed by atoms with Crippen molar-refractivity contribution < 1.29 is 80.2 Å². The number of carbonyl (C=O) groups is 4. The topological polar surface area (TPSA) is 237 Å². The molecule has 0 rings (SSSR count). The summed E-state index contributed by atoms with van der Waals surface area (Å²) in [7, 11) is -9.98. The Morgan fingerprint density at radius 1 is 0.284 bits per heavy atom. The van der Waals surface area contributed by atoms with E-state index < -0.39 is 97.5 Å². The Morgan fingerprint density at radius 2 is 0.539 bits per heavy atom. The summed E-state index contributed by atoms with van der Waals surface area (Å²) >= 11 is 0. The molecule has 5 unspecified atom stereocenters. The van der Waals surface area contributed by atoms with Gasteiger partial charge in [-0.05, 0) is 148 Å². The minimum atomic E-state index is -4.99. The fourth-order valence-corrected chi connectivity index (χ4v) is 11.6. The molecule has 5 atom stereocenters. The van der Waals surface area contributed by atoms with Crippen molar-refractivity contribution in [2.45, 2.75) is 329 Å². The summed E-state index contributed by atoms with van der Waals surface area (Å²) in [6.45, 7) is 4.56. The van der Waals surface area contributed by atoms with Crippen molar-refractivity contribution in [3.63, 3.8) is 0 Å². The van der Waals surface area contributed by atoms with Gasteiger partial charge < -0.3 is 33.8 Å². The monoisotopic (exact) mass is 1470 g/mol. The minimum Gasteiger partial charge on any atom is -0.462 e. The second-order valence-corrected chi connectivity index (χ2v) is 28.8. The first-order chi connectivity index (χ1) is 49.7. The van der Waals surface area contributed by atoms with E-state index in [-0.39, 0.29) is 25.7 Å². The van der Waals surface area contributed by atoms with Crippen LogP contribution in [0.2, 0.25) is 0 Å². The second kappa shape index (κ2) is 74.5. The Hall–Kier alpha value is -4.80. The van der Waals surface area contributed by atoms with Crippen LogP contribution in [-0.2, 0) is 65.4 Å². The van der Waals surface area contributed by atoms with Crippen LogP contribution in [-0.4, -0.2) is 96.7 Å². The van der Waals surface area contributed by atoms with E-state index in [4.69, 9.17) is 37.0 Å². The smallest absolute Gasteiger partial charge is 0.462 e. The summed E-state index contributed by atoms with van der Waals surface area (Å²) in [5.74, 6) is -2.31. The molecule has 0 fully saturated rings. The fourth-order valence-electron chi connectivity index (χ4n) is 10.1. The number of aliphatic hydroxyl groups excluding tert-OH is 1. The number of hydrogen-bond donors (Lipinski definition) is 3. The molecule has 0 saturated carbocycles. The molecule has 17 nitrogen and oxygen atoms in total. The molecule has 0 aromatic rings. The van der Waals surface area contributed by atoms with E-state index in [1.165, 1.54) is 57.8 Å². The van der Waals surface area contributed by atoms with Gasteiger partial charge >= 0.3 is 39.5 Å². The van der Waals surface area contributed by atoms with Crippen LogP contribution in [0.3, 0.4) is 0 Å². The Morgan fingerprint density at radius 3 is 0.902 bits per heavy atom. The van der Waals surface area contributed by atoms with Gasteiger partial charge in [0.2, 0.25) is 0 Å². The number of allylic oxidation sites excluding steroid dienone is 22. The highest BCUT2D eigenvalue weighted by molar-refractivity contribution is 7.47. The lowest BCUT2D eigenvalue weighted by Gasteiger charge is -2.21. The lowest BCUT2D eigenvalue weighted by atomic mass is 10.1. The molecule has 0 amide bonds. The molecule has 0 aliphatic heterocycles. The Bertz CT molecular complexity index is 2460. The van der Waals surface area contributed by atoms with Gasteiger partial charge in [-0.2, -0.15) is 0 Å². The largest absolute Gasteiger partial charge is 0.472 e. The maximum absolute atomic E-state index is 13.1. The molecule has 0 bridgehead atoms. The minimum absolute atomic E-state index is 0.0318. The van der Waals surface area contributed by atoms with Crippen molar-refractivity contribution in [2.75, 3.05) is 39.6 Å². The van der Waals surface area contributed by atoms with E-state index in [0.29, 0.717) is 32.1 Å². The van der Waals surface area contributed by atoms with E-state index in [1.54, 1.807) is 0 Å². The zero-order chi connectivity index (χ0) is 74.6. The molecule has 0 spiro atoms. The summed E-state index contributed by atoms with van der Waals surface area (Å²) in [6, 6.07) is 0. The lowest BCUT2D eigenvalue weighted by molar-refractivity contribution is -0.161. The maximum atomic E-state index is 13.1. The van der Waals surface area contributed by atoms with Crippen LogP contribution in [0, 0.1) is 0 Å². The number of hydrogen-bond acceptors (Lipinski definition) is 15. The number of unbranched alkanes of at least 4 members (excludes halogenated alkanes) is 25. The molecule has 0 aromatic carbocycles. The first-order valence-corrected chi connectivity index (χ1v) is 42.4. The maximum Gasteiger partial charge on any atom is 0.472 e. The highest BCUT2D eigenvalue weighted by atomic mass is 31.2. The van der Waals surface area contributed by atoms with Crippen molar-refractivity contribution in [3.05, 3.63) is 134 Å². The van der Waals surface area contributed by atoms with Gasteiger partial charge in [-0.3, -0.25) is 37.3 Å². The van der Waals surface area contributed by atoms with Crippen LogP contribution < -0.4 is 0 Å². The van der Waals surface area contributed by atoms with Gasteiger partial charge in [-0.15, -0.1) is 0 Å². The fraction of sp³-hybridized carbons (Fsp3) is 0.687. The van der Waals surface area contributed by atoms with Gasteiger partial charge in [0.05, 0.1) is 26.4 Å². The van der Waals surface area contributed by atoms with Crippen molar-refractivity contribution in [1.29, 1.82) is 0 Å². The summed E-state index contributed by atoms with van der Waals surface area (Å²) in [4.78, 5) is 72.9. The molecular formula is C83H140O17P2. The van der Waals surface area contributed by atoms with Crippen molar-refractivity contribution in [1.82, 2.24) is 0 Å². The zero-order valence-corrected chi connectivity index (χ0v) is 65.5. The van der Waals surface area contributed by atoms with E-state index in [0.717, 1.165) is 167 Å². The average Bonchev–Trinajstić information content (AvgIpc) is 0.928. The average molecular weight is 1470 g/mol. The third kappa shape index (κ3) is 73.5. The molecule has 0 heterocycles. The number of rotatable bonds is 73. The van der Waals surface area contributed by atoms with Crippen LogP contribution in [0.5, 0.6) is 0 Å². The highest BCUT2D eigenvalue weighted by Gasteiger charge is 2.30. The van der Waals surface area contributed by atoms with Gasteiger partial charge in [-0.1, -0.05) is 271 Å². The van der Waals surface area contributed by atoms with E-state index in [9.17, 15) is 43.2 Å². The van der Waals surface area contributed by atoms with Crippen molar-refractivity contribution >= 4 is 39.5 Å². The summed E-state index contributed by atoms with van der Waals surface area (Å²) in [5.41, 5.74) is 0. The van der Waals surface area contributed by atoms with E-state index in [1.807, 2.05) is 18.2 Å². The number of ether oxygens (including phenoxy) is 4. The Balaban J connectivity index is 5.38. The molecule has 0 aliphatic rings.